The molecule has 2 aliphatic rings. The number of aryl methyl sites for hydroxylation is 1. The SMILES string of the molecule is CN1CCN(CCCNC2CCc3cc(Br)ccc32)C(c2ccccc2)C1. The first-order chi connectivity index (χ1) is 13.2. The van der Waals surface area contributed by atoms with Crippen molar-refractivity contribution in [1.82, 2.24) is 15.1 Å². The van der Waals surface area contributed by atoms with Crippen molar-refractivity contribution >= 4 is 15.9 Å². The van der Waals surface area contributed by atoms with Crippen molar-refractivity contribution in [2.45, 2.75) is 31.3 Å². The molecule has 144 valence electrons. The number of rotatable bonds is 6. The second-order valence-electron chi connectivity index (χ2n) is 7.97. The monoisotopic (exact) mass is 427 g/mol. The van der Waals surface area contributed by atoms with Crippen molar-refractivity contribution < 1.29 is 0 Å². The summed E-state index contributed by atoms with van der Waals surface area (Å²) >= 11 is 3.59. The van der Waals surface area contributed by atoms with Gasteiger partial charge in [0.25, 0.3) is 0 Å². The fourth-order valence-electron chi connectivity index (χ4n) is 4.57. The van der Waals surface area contributed by atoms with Gasteiger partial charge in [0.2, 0.25) is 0 Å². The third-order valence-electron chi connectivity index (χ3n) is 6.07. The van der Waals surface area contributed by atoms with Crippen LogP contribution >= 0.6 is 15.9 Å². The van der Waals surface area contributed by atoms with E-state index in [-0.39, 0.29) is 0 Å². The molecule has 0 bridgehead atoms. The van der Waals surface area contributed by atoms with Gasteiger partial charge in [0.05, 0.1) is 0 Å². The highest BCUT2D eigenvalue weighted by molar-refractivity contribution is 9.10. The molecule has 0 saturated carbocycles. The van der Waals surface area contributed by atoms with Gasteiger partial charge in [-0.25, -0.2) is 0 Å². The second-order valence-corrected chi connectivity index (χ2v) is 8.88. The standard InChI is InChI=1S/C23H30BrN3/c1-26-14-15-27(23(17-26)18-6-3-2-4-7-18)13-5-12-25-22-11-8-19-16-20(24)9-10-21(19)22/h2-4,6-7,9-10,16,22-23,25H,5,8,11-15,17H2,1H3. The minimum absolute atomic E-state index is 0.523. The number of hydrogen-bond donors (Lipinski definition) is 1. The van der Waals surface area contributed by atoms with Crippen LogP contribution < -0.4 is 5.32 Å². The van der Waals surface area contributed by atoms with Crippen LogP contribution in [-0.2, 0) is 6.42 Å². The lowest BCUT2D eigenvalue weighted by molar-refractivity contribution is 0.0886. The van der Waals surface area contributed by atoms with Gasteiger partial charge in [-0.2, -0.15) is 0 Å². The van der Waals surface area contributed by atoms with E-state index in [0.29, 0.717) is 12.1 Å². The molecule has 0 amide bonds. The largest absolute Gasteiger partial charge is 0.310 e. The predicted molar refractivity (Wildman–Crippen MR) is 116 cm³/mol. The van der Waals surface area contributed by atoms with Gasteiger partial charge in [-0.1, -0.05) is 52.3 Å². The Labute approximate surface area is 171 Å². The van der Waals surface area contributed by atoms with Gasteiger partial charge in [0.15, 0.2) is 0 Å². The third-order valence-corrected chi connectivity index (χ3v) is 6.57. The molecule has 1 saturated heterocycles. The van der Waals surface area contributed by atoms with Crippen LogP contribution in [0.1, 0.15) is 41.6 Å². The molecule has 2 aromatic rings. The molecule has 27 heavy (non-hydrogen) atoms. The van der Waals surface area contributed by atoms with E-state index in [4.69, 9.17) is 0 Å². The molecule has 1 heterocycles. The summed E-state index contributed by atoms with van der Waals surface area (Å²) in [6.07, 6.45) is 3.63. The maximum absolute atomic E-state index is 3.81. The lowest BCUT2D eigenvalue weighted by Crippen LogP contribution is -2.47. The summed E-state index contributed by atoms with van der Waals surface area (Å²) < 4.78 is 1.20. The van der Waals surface area contributed by atoms with Gasteiger partial charge in [-0.15, -0.1) is 0 Å². The predicted octanol–water partition coefficient (Wildman–Crippen LogP) is 4.40. The molecule has 1 aliphatic heterocycles. The summed E-state index contributed by atoms with van der Waals surface area (Å²) in [6, 6.07) is 18.8. The van der Waals surface area contributed by atoms with Crippen LogP contribution in [-0.4, -0.2) is 49.6 Å². The van der Waals surface area contributed by atoms with Gasteiger partial charge in [-0.3, -0.25) is 4.90 Å². The molecule has 4 rings (SSSR count). The van der Waals surface area contributed by atoms with Crippen molar-refractivity contribution in [1.29, 1.82) is 0 Å². The normalized spacial score (nSPS) is 23.5. The van der Waals surface area contributed by atoms with Crippen LogP contribution in [0.5, 0.6) is 0 Å². The first kappa shape index (κ1) is 19.1. The first-order valence-electron chi connectivity index (χ1n) is 10.2. The van der Waals surface area contributed by atoms with Crippen LogP contribution in [0.2, 0.25) is 0 Å². The number of nitrogens with zero attached hydrogens (tertiary/aromatic N) is 2. The summed E-state index contributed by atoms with van der Waals surface area (Å²) in [5.74, 6) is 0. The Morgan fingerprint density at radius 2 is 1.96 bits per heavy atom. The molecular formula is C23H30BrN3. The number of piperazine rings is 1. The highest BCUT2D eigenvalue weighted by Gasteiger charge is 2.26. The van der Waals surface area contributed by atoms with Crippen molar-refractivity contribution in [2.75, 3.05) is 39.8 Å². The van der Waals surface area contributed by atoms with E-state index in [2.05, 4.69) is 86.6 Å². The zero-order chi connectivity index (χ0) is 18.6. The van der Waals surface area contributed by atoms with E-state index in [1.165, 1.54) is 53.5 Å². The number of hydrogen-bond acceptors (Lipinski definition) is 3. The molecule has 4 heteroatoms. The zero-order valence-corrected chi connectivity index (χ0v) is 17.8. The summed E-state index contributed by atoms with van der Waals surface area (Å²) in [6.45, 7) is 5.72. The van der Waals surface area contributed by atoms with E-state index in [0.717, 1.165) is 19.6 Å². The second kappa shape index (κ2) is 8.87. The van der Waals surface area contributed by atoms with Crippen LogP contribution in [0.3, 0.4) is 0 Å². The number of fused-ring (bicyclic) bond motifs is 1. The van der Waals surface area contributed by atoms with Gasteiger partial charge >= 0.3 is 0 Å². The summed E-state index contributed by atoms with van der Waals surface area (Å²) in [5, 5.41) is 3.81. The van der Waals surface area contributed by atoms with Gasteiger partial charge in [0, 0.05) is 42.7 Å². The zero-order valence-electron chi connectivity index (χ0n) is 16.2. The maximum Gasteiger partial charge on any atom is 0.0475 e. The van der Waals surface area contributed by atoms with E-state index in [1.54, 1.807) is 0 Å². The minimum atomic E-state index is 0.523. The molecule has 0 radical (unpaired) electrons. The summed E-state index contributed by atoms with van der Waals surface area (Å²) in [7, 11) is 2.24. The topological polar surface area (TPSA) is 18.5 Å². The first-order valence-corrected chi connectivity index (χ1v) is 11.0. The Bertz CT molecular complexity index is 749. The lowest BCUT2D eigenvalue weighted by atomic mass is 10.0. The number of benzene rings is 2. The highest BCUT2D eigenvalue weighted by atomic mass is 79.9. The third kappa shape index (κ3) is 4.62. The average molecular weight is 428 g/mol. The Morgan fingerprint density at radius 3 is 2.81 bits per heavy atom. The lowest BCUT2D eigenvalue weighted by Gasteiger charge is -2.40. The molecule has 0 spiro atoms. The molecule has 2 aromatic carbocycles. The summed E-state index contributed by atoms with van der Waals surface area (Å²) in [4.78, 5) is 5.14. The van der Waals surface area contributed by atoms with E-state index in [9.17, 15) is 0 Å². The Kier molecular flexibility index (Phi) is 6.28. The Balaban J connectivity index is 1.30. The smallest absolute Gasteiger partial charge is 0.0475 e. The van der Waals surface area contributed by atoms with E-state index in [1.807, 2.05) is 0 Å². The summed E-state index contributed by atoms with van der Waals surface area (Å²) in [5.41, 5.74) is 4.46. The van der Waals surface area contributed by atoms with Crippen molar-refractivity contribution in [3.8, 4) is 0 Å². The average Bonchev–Trinajstić information content (AvgIpc) is 3.08. The van der Waals surface area contributed by atoms with Gasteiger partial charge in [-0.05, 0) is 61.7 Å². The van der Waals surface area contributed by atoms with Crippen molar-refractivity contribution in [3.05, 3.63) is 69.7 Å². The Morgan fingerprint density at radius 1 is 1.11 bits per heavy atom. The van der Waals surface area contributed by atoms with Crippen molar-refractivity contribution in [2.24, 2.45) is 0 Å². The molecule has 0 aromatic heterocycles. The van der Waals surface area contributed by atoms with Crippen LogP contribution in [0, 0.1) is 0 Å². The molecule has 2 unspecified atom stereocenters. The van der Waals surface area contributed by atoms with Crippen LogP contribution in [0.15, 0.2) is 53.0 Å². The number of halogens is 1. The molecular weight excluding hydrogens is 398 g/mol. The molecule has 1 fully saturated rings. The fraction of sp³-hybridized carbons (Fsp3) is 0.478. The fourth-order valence-corrected chi connectivity index (χ4v) is 4.98. The Hall–Kier alpha value is -1.20. The molecule has 3 nitrogen and oxygen atoms in total. The minimum Gasteiger partial charge on any atom is -0.310 e. The quantitative estimate of drug-likeness (QED) is 0.688. The molecule has 1 aliphatic carbocycles. The van der Waals surface area contributed by atoms with E-state index >= 15 is 0 Å². The van der Waals surface area contributed by atoms with Gasteiger partial charge < -0.3 is 10.2 Å². The maximum atomic E-state index is 3.81. The van der Waals surface area contributed by atoms with Crippen LogP contribution in [0.4, 0.5) is 0 Å². The number of likely N-dealkylation sites (N-methyl/N-ethyl adjacent to an activating group) is 1. The highest BCUT2D eigenvalue weighted by Crippen LogP contribution is 2.33. The molecule has 1 N–H and O–H groups in total. The molecule has 2 atom stereocenters. The van der Waals surface area contributed by atoms with Gasteiger partial charge in [0.1, 0.15) is 0 Å². The van der Waals surface area contributed by atoms with E-state index < -0.39 is 0 Å². The van der Waals surface area contributed by atoms with Crippen molar-refractivity contribution in [3.63, 3.8) is 0 Å². The number of nitrogens with one attached hydrogen (secondary N) is 1. The van der Waals surface area contributed by atoms with Crippen LogP contribution in [0.25, 0.3) is 0 Å².